The minimum Gasteiger partial charge on any atom is -0.507 e. The van der Waals surface area contributed by atoms with Gasteiger partial charge in [0.1, 0.15) is 11.6 Å². The normalized spacial score (nSPS) is 12.9. The van der Waals surface area contributed by atoms with Crippen LogP contribution in [0.25, 0.3) is 72.7 Å². The maximum absolute atomic E-state index is 12.3. The number of nitrogens with zero attached hydrogens (tertiary/aromatic N) is 3. The van der Waals surface area contributed by atoms with Gasteiger partial charge in [0.15, 0.2) is 0 Å². The Balaban J connectivity index is 0.00000648. The number of hydrogen-bond donors (Lipinski definition) is 1. The molecule has 2 heterocycles. The molecule has 318 valence electrons. The van der Waals surface area contributed by atoms with Gasteiger partial charge in [-0.25, -0.2) is 4.98 Å². The third-order valence-corrected chi connectivity index (χ3v) is 11.7. The van der Waals surface area contributed by atoms with Crippen molar-refractivity contribution >= 4 is 11.0 Å². The molecule has 0 aliphatic carbocycles. The summed E-state index contributed by atoms with van der Waals surface area (Å²) in [5.74, 6) is 1.14. The molecule has 0 bridgehead atoms. The average Bonchev–Trinajstić information content (AvgIpc) is 3.66. The molecule has 1 N–H and O–H groups in total. The van der Waals surface area contributed by atoms with Gasteiger partial charge in [0, 0.05) is 38.5 Å². The number of pyridine rings is 1. The van der Waals surface area contributed by atoms with Gasteiger partial charge in [0.2, 0.25) is 0 Å². The fraction of sp³-hybridized carbons (Fsp3) is 0.263. The molecule has 2 aromatic heterocycles. The Morgan fingerprint density at radius 3 is 2.00 bits per heavy atom. The van der Waals surface area contributed by atoms with Gasteiger partial charge in [0.25, 0.3) is 0 Å². The van der Waals surface area contributed by atoms with E-state index in [1.54, 1.807) is 19.2 Å². The maximum Gasteiger partial charge on any atom is 0.148 e. The molecule has 0 aliphatic heterocycles. The van der Waals surface area contributed by atoms with Crippen molar-refractivity contribution < 1.29 is 31.7 Å². The first-order valence-corrected chi connectivity index (χ1v) is 21.4. The van der Waals surface area contributed by atoms with Crippen molar-refractivity contribution in [1.82, 2.24) is 14.5 Å². The SMILES string of the molecule is [2H]c1c([2H])c(-c2ccnc(-c3[c-]c(-c4cccc5c4nc(-c4cc(C(C)C)cc(C(C)C)c4O)n5-c4ccc(C(C)(C)C)cc4-c4ccccc4)cc(C(C)(C)C)c3)c2)c([2H])c([2H])c1C.[Pt]. The van der Waals surface area contributed by atoms with Crippen LogP contribution in [0, 0.1) is 13.0 Å². The Labute approximate surface area is 389 Å². The number of aromatic hydroxyl groups is 1. The molecule has 8 rings (SSSR count). The molecular weight excluding hydrogens is 938 g/mol. The topological polar surface area (TPSA) is 50.9 Å². The Hall–Kier alpha value is -5.57. The Morgan fingerprint density at radius 1 is 0.645 bits per heavy atom. The summed E-state index contributed by atoms with van der Waals surface area (Å²) in [5.41, 5.74) is 13.3. The number of phenols is 1. The van der Waals surface area contributed by atoms with Crippen molar-refractivity contribution in [2.75, 3.05) is 0 Å². The second-order valence-electron chi connectivity index (χ2n) is 19.0. The number of fused-ring (bicyclic) bond motifs is 1. The van der Waals surface area contributed by atoms with Crippen LogP contribution in [0.5, 0.6) is 5.75 Å². The summed E-state index contributed by atoms with van der Waals surface area (Å²) in [5, 5.41) is 12.3. The summed E-state index contributed by atoms with van der Waals surface area (Å²) >= 11 is 0. The minimum atomic E-state index is -0.274. The number of rotatable bonds is 8. The van der Waals surface area contributed by atoms with Gasteiger partial charge in [-0.3, -0.25) is 9.55 Å². The molecule has 0 atom stereocenters. The first kappa shape index (κ1) is 39.3. The van der Waals surface area contributed by atoms with E-state index in [0.29, 0.717) is 28.2 Å². The van der Waals surface area contributed by atoms with E-state index in [2.05, 4.69) is 165 Å². The number of phenolic OH excluding ortho intramolecular Hbond substituents is 1. The zero-order valence-electron chi connectivity index (χ0n) is 41.7. The molecule has 0 spiro atoms. The number of imidazole rings is 1. The van der Waals surface area contributed by atoms with E-state index < -0.39 is 0 Å². The molecule has 8 aromatic rings. The van der Waals surface area contributed by atoms with Crippen molar-refractivity contribution in [2.24, 2.45) is 0 Å². The summed E-state index contributed by atoms with van der Waals surface area (Å²) in [6.07, 6.45) is 1.65. The van der Waals surface area contributed by atoms with Crippen LogP contribution in [-0.4, -0.2) is 19.6 Å². The van der Waals surface area contributed by atoms with Gasteiger partial charge in [-0.05, 0) is 93.3 Å². The minimum absolute atomic E-state index is 0. The van der Waals surface area contributed by atoms with Crippen LogP contribution in [-0.2, 0) is 31.9 Å². The van der Waals surface area contributed by atoms with Gasteiger partial charge in [-0.2, -0.15) is 0 Å². The molecule has 0 fully saturated rings. The second kappa shape index (κ2) is 17.3. The predicted octanol–water partition coefficient (Wildman–Crippen LogP) is 15.4. The van der Waals surface area contributed by atoms with Crippen LogP contribution >= 0.6 is 0 Å². The summed E-state index contributed by atoms with van der Waals surface area (Å²) in [7, 11) is 0. The van der Waals surface area contributed by atoms with Crippen LogP contribution in [0.3, 0.4) is 0 Å². The van der Waals surface area contributed by atoms with E-state index in [1.165, 1.54) is 5.56 Å². The average molecular weight is 1000 g/mol. The molecule has 0 saturated heterocycles. The quantitative estimate of drug-likeness (QED) is 0.154. The molecule has 5 heteroatoms. The molecule has 0 radical (unpaired) electrons. The van der Waals surface area contributed by atoms with E-state index in [0.717, 1.165) is 61.2 Å². The second-order valence-corrected chi connectivity index (χ2v) is 19.0. The van der Waals surface area contributed by atoms with Crippen molar-refractivity contribution in [3.05, 3.63) is 167 Å². The summed E-state index contributed by atoms with van der Waals surface area (Å²) in [4.78, 5) is 10.4. The van der Waals surface area contributed by atoms with Gasteiger partial charge in [-0.15, -0.1) is 29.3 Å². The molecule has 4 nitrogen and oxygen atoms in total. The number of benzene rings is 6. The number of hydrogen-bond acceptors (Lipinski definition) is 3. The zero-order valence-corrected chi connectivity index (χ0v) is 39.9. The Bertz CT molecular complexity index is 3110. The van der Waals surface area contributed by atoms with Crippen molar-refractivity contribution in [3.8, 4) is 67.5 Å². The van der Waals surface area contributed by atoms with Gasteiger partial charge in [0.05, 0.1) is 27.8 Å². The Kier molecular flexibility index (Phi) is 11.0. The number of para-hydroxylation sites is 1. The van der Waals surface area contributed by atoms with Crippen LogP contribution in [0.4, 0.5) is 0 Å². The van der Waals surface area contributed by atoms with Crippen molar-refractivity contribution in [2.45, 2.75) is 98.8 Å². The van der Waals surface area contributed by atoms with Crippen LogP contribution in [0.2, 0.25) is 0 Å². The fourth-order valence-corrected chi connectivity index (χ4v) is 7.95. The molecule has 0 saturated carbocycles. The number of aromatic nitrogens is 3. The molecule has 0 aliphatic rings. The molecule has 62 heavy (non-hydrogen) atoms. The van der Waals surface area contributed by atoms with Gasteiger partial charge >= 0.3 is 0 Å². The van der Waals surface area contributed by atoms with E-state index in [4.69, 9.17) is 15.5 Å². The van der Waals surface area contributed by atoms with Gasteiger partial charge in [-0.1, -0.05) is 171 Å². The summed E-state index contributed by atoms with van der Waals surface area (Å²) in [6.45, 7) is 23.4. The third kappa shape index (κ3) is 8.73. The van der Waals surface area contributed by atoms with Gasteiger partial charge < -0.3 is 5.11 Å². The fourth-order valence-electron chi connectivity index (χ4n) is 7.95. The standard InChI is InChI=1S/C57H58N3O.Pt/c1-35(2)41-31-47(36(3)4)54(61)49(32-41)55-59-53-46(18-15-19-52(53)60(55)51-25-24-44(56(6,7)8)34-48(51)39-16-13-12-14-17-39)42-28-43(30-45(29-42)57(9,10)11)50-33-40(26-27-58-50)38-22-20-37(5)21-23-38;/h12-27,29-36,61H,1-11H3;/q-1;/i20D,21D,22D,23D;. The van der Waals surface area contributed by atoms with E-state index in [9.17, 15) is 5.11 Å². The molecular formula is C57H58N3OPt-. The maximum atomic E-state index is 12.3. The van der Waals surface area contributed by atoms with E-state index >= 15 is 0 Å². The predicted molar refractivity (Wildman–Crippen MR) is 257 cm³/mol. The first-order valence-electron chi connectivity index (χ1n) is 23.4. The Morgan fingerprint density at radius 2 is 1.34 bits per heavy atom. The van der Waals surface area contributed by atoms with Crippen LogP contribution in [0.1, 0.15) is 114 Å². The van der Waals surface area contributed by atoms with E-state index in [1.807, 2.05) is 12.1 Å². The first-order chi connectivity index (χ1) is 30.6. The monoisotopic (exact) mass is 999 g/mol. The van der Waals surface area contributed by atoms with E-state index in [-0.39, 0.29) is 79.2 Å². The van der Waals surface area contributed by atoms with Crippen LogP contribution < -0.4 is 0 Å². The largest absolute Gasteiger partial charge is 0.507 e. The molecule has 6 aromatic carbocycles. The van der Waals surface area contributed by atoms with Crippen molar-refractivity contribution in [1.29, 1.82) is 0 Å². The summed E-state index contributed by atoms with van der Waals surface area (Å²) in [6, 6.07) is 38.9. The summed E-state index contributed by atoms with van der Waals surface area (Å²) < 4.78 is 36.9. The van der Waals surface area contributed by atoms with Crippen LogP contribution in [0.15, 0.2) is 133 Å². The van der Waals surface area contributed by atoms with Crippen molar-refractivity contribution in [3.63, 3.8) is 0 Å². The molecule has 0 unspecified atom stereocenters. The zero-order chi connectivity index (χ0) is 46.9. The third-order valence-electron chi connectivity index (χ3n) is 11.7. The molecule has 0 amide bonds. The smallest absolute Gasteiger partial charge is 0.148 e.